The monoisotopic (exact) mass is 221 g/mol. The number of hydrogen-bond donors (Lipinski definition) is 2. The minimum Gasteiger partial charge on any atom is -0.466 e. The maximum atomic E-state index is 11.0. The summed E-state index contributed by atoms with van der Waals surface area (Å²) in [7, 11) is 0. The van der Waals surface area contributed by atoms with Crippen molar-refractivity contribution in [1.29, 1.82) is 0 Å². The molecule has 0 aliphatic carbocycles. The molecule has 84 valence electrons. The first-order chi connectivity index (χ1) is 6.61. The van der Waals surface area contributed by atoms with E-state index in [2.05, 4.69) is 0 Å². The molecule has 0 spiro atoms. The second kappa shape index (κ2) is 8.08. The fourth-order valence-electron chi connectivity index (χ4n) is 0.988. The third-order valence-electron chi connectivity index (χ3n) is 1.83. The summed E-state index contributed by atoms with van der Waals surface area (Å²) in [5, 5.41) is 9.51. The van der Waals surface area contributed by atoms with Gasteiger partial charge in [0.1, 0.15) is 0 Å². The maximum Gasteiger partial charge on any atom is 0.308 e. The van der Waals surface area contributed by atoms with Crippen molar-refractivity contribution in [3.63, 3.8) is 0 Å². The molecule has 0 aromatic carbocycles. The van der Waals surface area contributed by atoms with Crippen molar-refractivity contribution in [2.24, 2.45) is 5.73 Å². The van der Waals surface area contributed by atoms with Gasteiger partial charge in [-0.3, -0.25) is 4.79 Å². The SMILES string of the molecule is CCOC(=O)C[C@H](O)[C@@H](N)CCSC. The molecule has 14 heavy (non-hydrogen) atoms. The van der Waals surface area contributed by atoms with Crippen molar-refractivity contribution in [3.8, 4) is 0 Å². The minimum absolute atomic E-state index is 0.0105. The molecule has 5 heteroatoms. The average molecular weight is 221 g/mol. The van der Waals surface area contributed by atoms with Crippen LogP contribution in [-0.2, 0) is 9.53 Å². The first kappa shape index (κ1) is 13.7. The molecule has 0 aliphatic heterocycles. The summed E-state index contributed by atoms with van der Waals surface area (Å²) in [5.74, 6) is 0.501. The van der Waals surface area contributed by atoms with E-state index in [1.54, 1.807) is 18.7 Å². The molecule has 0 unspecified atom stereocenters. The number of rotatable bonds is 7. The van der Waals surface area contributed by atoms with Gasteiger partial charge < -0.3 is 15.6 Å². The molecule has 0 bridgehead atoms. The number of carbonyl (C=O) groups excluding carboxylic acids is 1. The predicted molar refractivity (Wildman–Crippen MR) is 58.2 cm³/mol. The van der Waals surface area contributed by atoms with E-state index in [0.29, 0.717) is 13.0 Å². The van der Waals surface area contributed by atoms with Crippen LogP contribution in [0.3, 0.4) is 0 Å². The molecule has 0 rings (SSSR count). The fraction of sp³-hybridized carbons (Fsp3) is 0.889. The van der Waals surface area contributed by atoms with Gasteiger partial charge in [0.25, 0.3) is 0 Å². The van der Waals surface area contributed by atoms with Crippen molar-refractivity contribution < 1.29 is 14.6 Å². The Hall–Kier alpha value is -0.260. The molecule has 0 aromatic heterocycles. The summed E-state index contributed by atoms with van der Waals surface area (Å²) in [6.07, 6.45) is 1.89. The van der Waals surface area contributed by atoms with Crippen LogP contribution < -0.4 is 5.73 Å². The minimum atomic E-state index is -0.791. The summed E-state index contributed by atoms with van der Waals surface area (Å²) < 4.78 is 4.71. The van der Waals surface area contributed by atoms with Crippen LogP contribution in [0.25, 0.3) is 0 Å². The van der Waals surface area contributed by atoms with Gasteiger partial charge in [0, 0.05) is 6.04 Å². The van der Waals surface area contributed by atoms with Crippen LogP contribution in [0.5, 0.6) is 0 Å². The topological polar surface area (TPSA) is 72.5 Å². The number of hydrogen-bond acceptors (Lipinski definition) is 5. The van der Waals surface area contributed by atoms with Gasteiger partial charge >= 0.3 is 5.97 Å². The Kier molecular flexibility index (Phi) is 7.93. The van der Waals surface area contributed by atoms with Gasteiger partial charge in [0.2, 0.25) is 0 Å². The Labute approximate surface area is 89.2 Å². The van der Waals surface area contributed by atoms with E-state index in [9.17, 15) is 9.90 Å². The van der Waals surface area contributed by atoms with Crippen LogP contribution >= 0.6 is 11.8 Å². The lowest BCUT2D eigenvalue weighted by molar-refractivity contribution is -0.145. The van der Waals surface area contributed by atoms with Gasteiger partial charge in [-0.25, -0.2) is 0 Å². The van der Waals surface area contributed by atoms with Crippen molar-refractivity contribution in [1.82, 2.24) is 0 Å². The first-order valence-electron chi connectivity index (χ1n) is 4.70. The molecule has 0 saturated carbocycles. The standard InChI is InChI=1S/C9H19NO3S/c1-3-13-9(12)6-8(11)7(10)4-5-14-2/h7-8,11H,3-6,10H2,1-2H3/t7-,8-/m0/s1. The highest BCUT2D eigenvalue weighted by molar-refractivity contribution is 7.98. The third kappa shape index (κ3) is 6.23. The lowest BCUT2D eigenvalue weighted by Gasteiger charge is -2.17. The van der Waals surface area contributed by atoms with Crippen molar-refractivity contribution >= 4 is 17.7 Å². The predicted octanol–water partition coefficient (Wildman–Crippen LogP) is 0.381. The number of ether oxygens (including phenoxy) is 1. The van der Waals surface area contributed by atoms with Gasteiger partial charge in [0.15, 0.2) is 0 Å². The zero-order valence-electron chi connectivity index (χ0n) is 8.73. The number of carbonyl (C=O) groups is 1. The van der Waals surface area contributed by atoms with Gasteiger partial charge in [-0.1, -0.05) is 0 Å². The second-order valence-electron chi connectivity index (χ2n) is 3.02. The molecular weight excluding hydrogens is 202 g/mol. The van der Waals surface area contributed by atoms with Crippen LogP contribution in [0.1, 0.15) is 19.8 Å². The molecule has 0 amide bonds. The highest BCUT2D eigenvalue weighted by atomic mass is 32.2. The van der Waals surface area contributed by atoms with Crippen LogP contribution in [0.2, 0.25) is 0 Å². The van der Waals surface area contributed by atoms with Gasteiger partial charge in [0.05, 0.1) is 19.1 Å². The molecule has 0 radical (unpaired) electrons. The van der Waals surface area contributed by atoms with E-state index >= 15 is 0 Å². The van der Waals surface area contributed by atoms with Crippen LogP contribution in [0, 0.1) is 0 Å². The quantitative estimate of drug-likeness (QED) is 0.608. The number of nitrogens with two attached hydrogens (primary N) is 1. The molecule has 3 N–H and O–H groups in total. The number of thioether (sulfide) groups is 1. The Morgan fingerprint density at radius 2 is 2.29 bits per heavy atom. The van der Waals surface area contributed by atoms with E-state index in [0.717, 1.165) is 5.75 Å². The van der Waals surface area contributed by atoms with E-state index in [1.165, 1.54) is 0 Å². The third-order valence-corrected chi connectivity index (χ3v) is 2.47. The number of esters is 1. The van der Waals surface area contributed by atoms with Gasteiger partial charge in [-0.05, 0) is 25.4 Å². The molecule has 4 nitrogen and oxygen atoms in total. The second-order valence-corrected chi connectivity index (χ2v) is 4.01. The molecule has 0 aliphatic rings. The molecule has 0 aromatic rings. The summed E-state index contributed by atoms with van der Waals surface area (Å²) in [4.78, 5) is 11.0. The molecule has 0 saturated heterocycles. The van der Waals surface area contributed by atoms with Crippen molar-refractivity contribution in [2.45, 2.75) is 31.9 Å². The molecule has 2 atom stereocenters. The highest BCUT2D eigenvalue weighted by Gasteiger charge is 2.18. The van der Waals surface area contributed by atoms with Gasteiger partial charge in [-0.2, -0.15) is 11.8 Å². The summed E-state index contributed by atoms with van der Waals surface area (Å²) in [5.41, 5.74) is 5.68. The highest BCUT2D eigenvalue weighted by Crippen LogP contribution is 2.06. The van der Waals surface area contributed by atoms with E-state index in [-0.39, 0.29) is 18.4 Å². The fourth-order valence-corrected chi connectivity index (χ4v) is 1.50. The van der Waals surface area contributed by atoms with Crippen LogP contribution in [-0.4, -0.2) is 41.8 Å². The smallest absolute Gasteiger partial charge is 0.308 e. The van der Waals surface area contributed by atoms with Crippen molar-refractivity contribution in [2.75, 3.05) is 18.6 Å². The average Bonchev–Trinajstić information content (AvgIpc) is 2.14. The summed E-state index contributed by atoms with van der Waals surface area (Å²) >= 11 is 1.67. The van der Waals surface area contributed by atoms with E-state index < -0.39 is 6.10 Å². The zero-order valence-corrected chi connectivity index (χ0v) is 9.55. The number of aliphatic hydroxyl groups excluding tert-OH is 1. The summed E-state index contributed by atoms with van der Waals surface area (Å²) in [6.45, 7) is 2.07. The molecule has 0 heterocycles. The Morgan fingerprint density at radius 1 is 1.64 bits per heavy atom. The van der Waals surface area contributed by atoms with Gasteiger partial charge in [-0.15, -0.1) is 0 Å². The normalized spacial score (nSPS) is 14.9. The lowest BCUT2D eigenvalue weighted by atomic mass is 10.1. The maximum absolute atomic E-state index is 11.0. The zero-order chi connectivity index (χ0) is 11.0. The molecular formula is C9H19NO3S. The Bertz CT molecular complexity index is 166. The molecule has 0 fully saturated rings. The largest absolute Gasteiger partial charge is 0.466 e. The first-order valence-corrected chi connectivity index (χ1v) is 6.09. The van der Waals surface area contributed by atoms with E-state index in [4.69, 9.17) is 10.5 Å². The van der Waals surface area contributed by atoms with Crippen molar-refractivity contribution in [3.05, 3.63) is 0 Å². The Morgan fingerprint density at radius 3 is 2.79 bits per heavy atom. The van der Waals surface area contributed by atoms with Crippen LogP contribution in [0.15, 0.2) is 0 Å². The van der Waals surface area contributed by atoms with E-state index in [1.807, 2.05) is 6.26 Å². The Balaban J connectivity index is 3.70. The number of aliphatic hydroxyl groups is 1. The summed E-state index contributed by atoms with van der Waals surface area (Å²) in [6, 6.07) is -0.341. The van der Waals surface area contributed by atoms with Crippen LogP contribution in [0.4, 0.5) is 0 Å². The lowest BCUT2D eigenvalue weighted by Crippen LogP contribution is -2.37.